The van der Waals surface area contributed by atoms with Gasteiger partial charge in [0.15, 0.2) is 18.2 Å². The van der Waals surface area contributed by atoms with E-state index in [1.165, 1.54) is 4.90 Å². The largest absolute Gasteiger partial charge is 0.481 e. The molecule has 1 heterocycles. The molecule has 1 atom stereocenters. The first kappa shape index (κ1) is 17.2. The van der Waals surface area contributed by atoms with E-state index >= 15 is 0 Å². The molecule has 0 spiro atoms. The van der Waals surface area contributed by atoms with E-state index in [0.29, 0.717) is 19.0 Å². The number of carbonyl (C=O) groups is 2. The van der Waals surface area contributed by atoms with Crippen LogP contribution < -0.4 is 4.74 Å². The minimum atomic E-state index is -0.939. The van der Waals surface area contributed by atoms with Crippen LogP contribution in [0.5, 0.6) is 5.75 Å². The van der Waals surface area contributed by atoms with Crippen LogP contribution in [-0.2, 0) is 9.59 Å². The van der Waals surface area contributed by atoms with Crippen LogP contribution in [0, 0.1) is 17.6 Å². The van der Waals surface area contributed by atoms with Gasteiger partial charge < -0.3 is 14.7 Å². The van der Waals surface area contributed by atoms with Crippen LogP contribution in [0.15, 0.2) is 18.2 Å². The maximum atomic E-state index is 13.3. The molecule has 116 valence electrons. The molecule has 1 aromatic rings. The van der Waals surface area contributed by atoms with E-state index < -0.39 is 36.0 Å². The van der Waals surface area contributed by atoms with Gasteiger partial charge in [-0.3, -0.25) is 9.59 Å². The van der Waals surface area contributed by atoms with E-state index in [4.69, 9.17) is 9.84 Å². The van der Waals surface area contributed by atoms with Gasteiger partial charge in [-0.2, -0.15) is 0 Å². The van der Waals surface area contributed by atoms with Gasteiger partial charge in [0, 0.05) is 19.2 Å². The quantitative estimate of drug-likeness (QED) is 0.916. The van der Waals surface area contributed by atoms with Gasteiger partial charge in [-0.15, -0.1) is 12.4 Å². The van der Waals surface area contributed by atoms with Crippen molar-refractivity contribution in [3.05, 3.63) is 29.8 Å². The van der Waals surface area contributed by atoms with Gasteiger partial charge in [0.2, 0.25) is 0 Å². The number of benzene rings is 1. The summed E-state index contributed by atoms with van der Waals surface area (Å²) in [6.45, 7) is 0.0589. The minimum absolute atomic E-state index is 0. The second kappa shape index (κ2) is 7.21. The van der Waals surface area contributed by atoms with Crippen molar-refractivity contribution in [1.29, 1.82) is 0 Å². The lowest BCUT2D eigenvalue weighted by Gasteiger charge is -2.16. The molecule has 0 aliphatic carbocycles. The maximum absolute atomic E-state index is 13.3. The third kappa shape index (κ3) is 4.29. The summed E-state index contributed by atoms with van der Waals surface area (Å²) >= 11 is 0. The monoisotopic (exact) mass is 321 g/mol. The van der Waals surface area contributed by atoms with Gasteiger partial charge >= 0.3 is 5.97 Å². The highest BCUT2D eigenvalue weighted by atomic mass is 35.5. The third-order valence-corrected chi connectivity index (χ3v) is 3.14. The Morgan fingerprint density at radius 1 is 1.38 bits per heavy atom. The summed E-state index contributed by atoms with van der Waals surface area (Å²) in [5.41, 5.74) is 0. The number of ether oxygens (including phenoxy) is 1. The molecule has 5 nitrogen and oxygen atoms in total. The number of carboxylic acids is 1. The minimum Gasteiger partial charge on any atom is -0.481 e. The summed E-state index contributed by atoms with van der Waals surface area (Å²) in [6, 6.07) is 2.79. The predicted octanol–water partition coefficient (Wildman–Crippen LogP) is 1.70. The normalized spacial score (nSPS) is 17.2. The fourth-order valence-corrected chi connectivity index (χ4v) is 2.01. The van der Waals surface area contributed by atoms with Crippen LogP contribution in [0.25, 0.3) is 0 Å². The molecule has 0 saturated carbocycles. The molecule has 2 rings (SSSR count). The molecule has 1 aromatic carbocycles. The Kier molecular flexibility index (Phi) is 5.90. The van der Waals surface area contributed by atoms with Crippen molar-refractivity contribution >= 4 is 24.3 Å². The van der Waals surface area contributed by atoms with Gasteiger partial charge in [-0.05, 0) is 18.6 Å². The molecule has 0 bridgehead atoms. The number of rotatable bonds is 4. The molecule has 1 N–H and O–H groups in total. The van der Waals surface area contributed by atoms with Crippen molar-refractivity contribution in [2.24, 2.45) is 5.92 Å². The second-order valence-electron chi connectivity index (χ2n) is 4.53. The highest BCUT2D eigenvalue weighted by Crippen LogP contribution is 2.19. The summed E-state index contributed by atoms with van der Waals surface area (Å²) in [7, 11) is 0. The SMILES string of the molecule is Cl.O=C(O)C1CCN(C(=O)COc2ccc(F)cc2F)C1. The number of amides is 1. The van der Waals surface area contributed by atoms with Crippen LogP contribution in [0.1, 0.15) is 6.42 Å². The fourth-order valence-electron chi connectivity index (χ4n) is 2.01. The number of carboxylic acid groups (broad SMARTS) is 1. The van der Waals surface area contributed by atoms with E-state index in [9.17, 15) is 18.4 Å². The summed E-state index contributed by atoms with van der Waals surface area (Å²) in [5.74, 6) is -3.76. The van der Waals surface area contributed by atoms with Gasteiger partial charge in [0.25, 0.3) is 5.91 Å². The van der Waals surface area contributed by atoms with Gasteiger partial charge in [0.1, 0.15) is 5.82 Å². The standard InChI is InChI=1S/C13H13F2NO4.ClH/c14-9-1-2-11(10(15)5-9)20-7-12(17)16-4-3-8(6-16)13(18)19;/h1-2,5,8H,3-4,6-7H2,(H,18,19);1H. The van der Waals surface area contributed by atoms with E-state index in [2.05, 4.69) is 0 Å². The summed E-state index contributed by atoms with van der Waals surface area (Å²) in [6.07, 6.45) is 0.395. The lowest BCUT2D eigenvalue weighted by atomic mass is 10.1. The Morgan fingerprint density at radius 2 is 2.10 bits per heavy atom. The van der Waals surface area contributed by atoms with E-state index in [1.54, 1.807) is 0 Å². The van der Waals surface area contributed by atoms with E-state index in [-0.39, 0.29) is 24.7 Å². The molecule has 1 aliphatic heterocycles. The number of carbonyl (C=O) groups excluding carboxylic acids is 1. The Bertz CT molecular complexity index is 541. The topological polar surface area (TPSA) is 66.8 Å². The second-order valence-corrected chi connectivity index (χ2v) is 4.53. The number of hydrogen-bond acceptors (Lipinski definition) is 3. The van der Waals surface area contributed by atoms with E-state index in [0.717, 1.165) is 12.1 Å². The molecular formula is C13H14ClF2NO4. The average molecular weight is 322 g/mol. The number of halogens is 3. The summed E-state index contributed by atoms with van der Waals surface area (Å²) in [4.78, 5) is 23.9. The van der Waals surface area contributed by atoms with E-state index in [1.807, 2.05) is 0 Å². The van der Waals surface area contributed by atoms with Crippen molar-refractivity contribution in [1.82, 2.24) is 4.90 Å². The number of likely N-dealkylation sites (tertiary alicyclic amines) is 1. The maximum Gasteiger partial charge on any atom is 0.308 e. The van der Waals surface area contributed by atoms with Crippen LogP contribution in [-0.4, -0.2) is 41.6 Å². The van der Waals surface area contributed by atoms with Crippen LogP contribution in [0.3, 0.4) is 0 Å². The third-order valence-electron chi connectivity index (χ3n) is 3.14. The molecule has 8 heteroatoms. The highest BCUT2D eigenvalue weighted by molar-refractivity contribution is 5.85. The van der Waals surface area contributed by atoms with Crippen LogP contribution >= 0.6 is 12.4 Å². The molecule has 1 saturated heterocycles. The van der Waals surface area contributed by atoms with Gasteiger partial charge in [0.05, 0.1) is 5.92 Å². The van der Waals surface area contributed by atoms with Gasteiger partial charge in [-0.25, -0.2) is 8.78 Å². The molecule has 1 fully saturated rings. The average Bonchev–Trinajstić information content (AvgIpc) is 2.87. The van der Waals surface area contributed by atoms with Crippen molar-refractivity contribution in [3.8, 4) is 5.75 Å². The molecule has 0 radical (unpaired) electrons. The summed E-state index contributed by atoms with van der Waals surface area (Å²) in [5, 5.41) is 8.83. The first-order valence-corrected chi connectivity index (χ1v) is 6.06. The zero-order chi connectivity index (χ0) is 14.7. The first-order chi connectivity index (χ1) is 9.47. The molecule has 1 unspecified atom stereocenters. The first-order valence-electron chi connectivity index (χ1n) is 6.06. The predicted molar refractivity (Wildman–Crippen MR) is 71.4 cm³/mol. The number of hydrogen-bond donors (Lipinski definition) is 1. The lowest BCUT2D eigenvalue weighted by Crippen LogP contribution is -2.33. The summed E-state index contributed by atoms with van der Waals surface area (Å²) < 4.78 is 30.9. The van der Waals surface area contributed by atoms with Gasteiger partial charge in [-0.1, -0.05) is 0 Å². The molecule has 1 amide bonds. The molecule has 1 aliphatic rings. The molecule has 0 aromatic heterocycles. The van der Waals surface area contributed by atoms with Crippen molar-refractivity contribution in [2.75, 3.05) is 19.7 Å². The van der Waals surface area contributed by atoms with Crippen molar-refractivity contribution in [3.63, 3.8) is 0 Å². The Hall–Kier alpha value is -1.89. The Morgan fingerprint density at radius 3 is 2.67 bits per heavy atom. The molecular weight excluding hydrogens is 308 g/mol. The zero-order valence-corrected chi connectivity index (χ0v) is 11.7. The number of aliphatic carboxylic acids is 1. The zero-order valence-electron chi connectivity index (χ0n) is 10.9. The van der Waals surface area contributed by atoms with Crippen molar-refractivity contribution < 1.29 is 28.2 Å². The van der Waals surface area contributed by atoms with Crippen LogP contribution in [0.4, 0.5) is 8.78 Å². The van der Waals surface area contributed by atoms with Crippen LogP contribution in [0.2, 0.25) is 0 Å². The molecule has 21 heavy (non-hydrogen) atoms. The Labute approximate surface area is 125 Å². The van der Waals surface area contributed by atoms with Crippen molar-refractivity contribution in [2.45, 2.75) is 6.42 Å². The Balaban J connectivity index is 0.00000220. The fraction of sp³-hybridized carbons (Fsp3) is 0.385. The smallest absolute Gasteiger partial charge is 0.308 e. The highest BCUT2D eigenvalue weighted by Gasteiger charge is 2.30. The number of nitrogens with zero attached hydrogens (tertiary/aromatic N) is 1. The lowest BCUT2D eigenvalue weighted by molar-refractivity contribution is -0.141.